The maximum Gasteiger partial charge on any atom is 0.412 e. The van der Waals surface area contributed by atoms with Crippen LogP contribution < -0.4 is 5.32 Å². The van der Waals surface area contributed by atoms with Gasteiger partial charge in [-0.05, 0) is 37.6 Å². The predicted octanol–water partition coefficient (Wildman–Crippen LogP) is 6.59. The molecule has 3 aromatic carbocycles. The molecule has 0 saturated carbocycles. The summed E-state index contributed by atoms with van der Waals surface area (Å²) in [6, 6.07) is 22.3. The van der Waals surface area contributed by atoms with Crippen molar-refractivity contribution in [3.8, 4) is 11.3 Å². The first-order valence-electron chi connectivity index (χ1n) is 10.8. The van der Waals surface area contributed by atoms with Gasteiger partial charge in [0, 0.05) is 16.1 Å². The predicted molar refractivity (Wildman–Crippen MR) is 134 cm³/mol. The zero-order chi connectivity index (χ0) is 25.0. The van der Waals surface area contributed by atoms with Crippen LogP contribution in [0.15, 0.2) is 88.3 Å². The minimum absolute atomic E-state index is 0.135. The Morgan fingerprint density at radius 1 is 1.03 bits per heavy atom. The summed E-state index contributed by atoms with van der Waals surface area (Å²) in [7, 11) is -3.47. The van der Waals surface area contributed by atoms with Crippen molar-refractivity contribution in [2.75, 3.05) is 5.32 Å². The van der Waals surface area contributed by atoms with E-state index in [1.807, 2.05) is 6.07 Å². The zero-order valence-corrected chi connectivity index (χ0v) is 20.6. The number of hydrogen-bond acceptors (Lipinski definition) is 6. The minimum atomic E-state index is -3.47. The fourth-order valence-electron chi connectivity index (χ4n) is 3.56. The summed E-state index contributed by atoms with van der Waals surface area (Å²) in [5.41, 5.74) is 2.77. The average molecular weight is 511 g/mol. The van der Waals surface area contributed by atoms with E-state index in [9.17, 15) is 13.2 Å². The zero-order valence-electron chi connectivity index (χ0n) is 19.1. The summed E-state index contributed by atoms with van der Waals surface area (Å²) in [4.78, 5) is 12.8. The van der Waals surface area contributed by atoms with Crippen LogP contribution in [-0.2, 0) is 20.3 Å². The first-order chi connectivity index (χ1) is 16.7. The highest BCUT2D eigenvalue weighted by molar-refractivity contribution is 7.90. The summed E-state index contributed by atoms with van der Waals surface area (Å²) < 4.78 is 36.2. The lowest BCUT2D eigenvalue weighted by Crippen LogP contribution is -2.17. The van der Waals surface area contributed by atoms with Crippen LogP contribution in [0.25, 0.3) is 11.3 Å². The summed E-state index contributed by atoms with van der Waals surface area (Å²) in [5.74, 6) is 0.201. The minimum Gasteiger partial charge on any atom is -0.441 e. The fraction of sp³-hybridized carbons (Fsp3) is 0.154. The van der Waals surface area contributed by atoms with Gasteiger partial charge in [0.1, 0.15) is 17.5 Å². The standard InChI is InChI=1S/C26H23ClN2O5S/c1-17-24(28-26(30)33-18(2)22-10-6-7-11-23(22)27)25(34-29-17)20-14-12-19(13-15-20)16-35(31,32)21-8-4-3-5-9-21/h3-15,18H,16H2,1-2H3,(H,28,30). The molecule has 1 unspecified atom stereocenters. The number of benzene rings is 3. The van der Waals surface area contributed by atoms with Gasteiger partial charge in [0.25, 0.3) is 0 Å². The van der Waals surface area contributed by atoms with E-state index in [2.05, 4.69) is 10.5 Å². The van der Waals surface area contributed by atoms with Gasteiger partial charge in [-0.15, -0.1) is 0 Å². The van der Waals surface area contributed by atoms with E-state index >= 15 is 0 Å². The molecular formula is C26H23ClN2O5S. The van der Waals surface area contributed by atoms with Crippen molar-refractivity contribution in [3.05, 3.63) is 101 Å². The van der Waals surface area contributed by atoms with E-state index in [1.54, 1.807) is 86.6 Å². The lowest BCUT2D eigenvalue weighted by Gasteiger charge is -2.15. The van der Waals surface area contributed by atoms with Gasteiger partial charge in [0.05, 0.1) is 10.6 Å². The molecule has 1 N–H and O–H groups in total. The quantitative estimate of drug-likeness (QED) is 0.301. The van der Waals surface area contributed by atoms with E-state index < -0.39 is 22.0 Å². The third kappa shape index (κ3) is 5.72. The largest absolute Gasteiger partial charge is 0.441 e. The van der Waals surface area contributed by atoms with Gasteiger partial charge in [-0.3, -0.25) is 5.32 Å². The Kier molecular flexibility index (Phi) is 7.23. The van der Waals surface area contributed by atoms with Crippen molar-refractivity contribution >= 4 is 33.2 Å². The first kappa shape index (κ1) is 24.5. The van der Waals surface area contributed by atoms with Crippen molar-refractivity contribution < 1.29 is 22.5 Å². The van der Waals surface area contributed by atoms with Gasteiger partial charge < -0.3 is 9.26 Å². The van der Waals surface area contributed by atoms with Crippen LogP contribution in [0, 0.1) is 6.92 Å². The third-order valence-electron chi connectivity index (χ3n) is 5.39. The molecule has 7 nitrogen and oxygen atoms in total. The van der Waals surface area contributed by atoms with Gasteiger partial charge in [0.15, 0.2) is 15.6 Å². The number of carbonyl (C=O) groups is 1. The second-order valence-electron chi connectivity index (χ2n) is 7.94. The van der Waals surface area contributed by atoms with Crippen molar-refractivity contribution in [2.45, 2.75) is 30.6 Å². The third-order valence-corrected chi connectivity index (χ3v) is 7.44. The molecule has 9 heteroatoms. The highest BCUT2D eigenvalue weighted by Gasteiger charge is 2.21. The van der Waals surface area contributed by atoms with Crippen LogP contribution in [0.2, 0.25) is 5.02 Å². The number of aromatic nitrogens is 1. The second-order valence-corrected chi connectivity index (χ2v) is 10.3. The maximum absolute atomic E-state index is 12.6. The molecule has 0 saturated heterocycles. The molecular weight excluding hydrogens is 488 g/mol. The van der Waals surface area contributed by atoms with Crippen molar-refractivity contribution in [1.82, 2.24) is 5.16 Å². The number of nitrogens with zero attached hydrogens (tertiary/aromatic N) is 1. The second kappa shape index (κ2) is 10.3. The molecule has 35 heavy (non-hydrogen) atoms. The first-order valence-corrected chi connectivity index (χ1v) is 12.8. The molecule has 1 aromatic heterocycles. The van der Waals surface area contributed by atoms with Gasteiger partial charge >= 0.3 is 6.09 Å². The number of aryl methyl sites for hydroxylation is 1. The van der Waals surface area contributed by atoms with Crippen molar-refractivity contribution in [3.63, 3.8) is 0 Å². The van der Waals surface area contributed by atoms with Crippen LogP contribution >= 0.6 is 11.6 Å². The van der Waals surface area contributed by atoms with E-state index in [-0.39, 0.29) is 10.6 Å². The van der Waals surface area contributed by atoms with Crippen LogP contribution in [0.4, 0.5) is 10.5 Å². The molecule has 0 radical (unpaired) electrons. The Balaban J connectivity index is 1.48. The van der Waals surface area contributed by atoms with Gasteiger partial charge in [-0.1, -0.05) is 77.4 Å². The van der Waals surface area contributed by atoms with E-state index in [1.165, 1.54) is 0 Å². The molecule has 1 atom stereocenters. The highest BCUT2D eigenvalue weighted by atomic mass is 35.5. The number of ether oxygens (including phenoxy) is 1. The molecule has 1 amide bonds. The summed E-state index contributed by atoms with van der Waals surface area (Å²) >= 11 is 6.19. The van der Waals surface area contributed by atoms with Crippen molar-refractivity contribution in [2.24, 2.45) is 0 Å². The number of rotatable bonds is 7. The highest BCUT2D eigenvalue weighted by Crippen LogP contribution is 2.32. The Hall–Kier alpha value is -3.62. The monoisotopic (exact) mass is 510 g/mol. The van der Waals surface area contributed by atoms with Crippen LogP contribution in [0.1, 0.15) is 29.8 Å². The average Bonchev–Trinajstić information content (AvgIpc) is 3.20. The summed E-state index contributed by atoms with van der Waals surface area (Å²) in [5, 5.41) is 7.16. The van der Waals surface area contributed by atoms with Crippen molar-refractivity contribution in [1.29, 1.82) is 0 Å². The molecule has 0 aliphatic heterocycles. The summed E-state index contributed by atoms with van der Waals surface area (Å²) in [6.45, 7) is 3.42. The Morgan fingerprint density at radius 2 is 1.69 bits per heavy atom. The van der Waals surface area contributed by atoms with Crippen LogP contribution in [0.3, 0.4) is 0 Å². The normalized spacial score (nSPS) is 12.2. The van der Waals surface area contributed by atoms with Gasteiger partial charge in [-0.25, -0.2) is 13.2 Å². The van der Waals surface area contributed by atoms with E-state index in [4.69, 9.17) is 20.9 Å². The lowest BCUT2D eigenvalue weighted by molar-refractivity contribution is 0.121. The van der Waals surface area contributed by atoms with E-state index in [0.29, 0.717) is 38.9 Å². The van der Waals surface area contributed by atoms with Crippen LogP contribution in [-0.4, -0.2) is 19.7 Å². The van der Waals surface area contributed by atoms with E-state index in [0.717, 1.165) is 0 Å². The van der Waals surface area contributed by atoms with Gasteiger partial charge in [-0.2, -0.15) is 0 Å². The molecule has 0 fully saturated rings. The SMILES string of the molecule is Cc1noc(-c2ccc(CS(=O)(=O)c3ccccc3)cc2)c1NC(=O)OC(C)c1ccccc1Cl. The summed E-state index contributed by atoms with van der Waals surface area (Å²) in [6.07, 6.45) is -1.26. The molecule has 0 aliphatic rings. The Labute approximate surface area is 208 Å². The molecule has 0 aliphatic carbocycles. The molecule has 1 heterocycles. The fourth-order valence-corrected chi connectivity index (χ4v) is 5.22. The molecule has 0 bridgehead atoms. The Bertz CT molecular complexity index is 1430. The van der Waals surface area contributed by atoms with Gasteiger partial charge in [0.2, 0.25) is 0 Å². The molecule has 4 aromatic rings. The number of carbonyl (C=O) groups excluding carboxylic acids is 1. The molecule has 180 valence electrons. The maximum atomic E-state index is 12.6. The topological polar surface area (TPSA) is 98.5 Å². The molecule has 0 spiro atoms. The number of sulfone groups is 1. The lowest BCUT2D eigenvalue weighted by atomic mass is 10.1. The number of amides is 1. The number of halogens is 1. The smallest absolute Gasteiger partial charge is 0.412 e. The molecule has 4 rings (SSSR count). The number of hydrogen-bond donors (Lipinski definition) is 1. The Morgan fingerprint density at radius 3 is 2.37 bits per heavy atom. The van der Waals surface area contributed by atoms with Crippen LogP contribution in [0.5, 0.6) is 0 Å². The number of nitrogens with one attached hydrogen (secondary N) is 1. The number of anilines is 1.